The van der Waals surface area contributed by atoms with Crippen LogP contribution in [0.2, 0.25) is 0 Å². The van der Waals surface area contributed by atoms with Gasteiger partial charge in [0.05, 0.1) is 0 Å². The molecule has 3 heteroatoms. The van der Waals surface area contributed by atoms with Crippen molar-refractivity contribution < 1.29 is 9.59 Å². The molecule has 1 N–H and O–H groups in total. The van der Waals surface area contributed by atoms with E-state index in [4.69, 9.17) is 0 Å². The predicted molar refractivity (Wildman–Crippen MR) is 82.0 cm³/mol. The smallest absolute Gasteiger partial charge is 0.251 e. The van der Waals surface area contributed by atoms with Crippen LogP contribution in [0.4, 0.5) is 0 Å². The molecule has 1 amide bonds. The maximum absolute atomic E-state index is 11.6. The number of amides is 1. The first-order valence-electron chi connectivity index (χ1n) is 6.76. The molecule has 0 saturated carbocycles. The van der Waals surface area contributed by atoms with Crippen molar-refractivity contribution in [3.8, 4) is 0 Å². The number of nitrogens with one attached hydrogen (secondary N) is 1. The van der Waals surface area contributed by atoms with Crippen LogP contribution in [-0.4, -0.2) is 18.2 Å². The average molecular weight is 265 g/mol. The number of hydrogen-bond acceptors (Lipinski definition) is 2. The Morgan fingerprint density at radius 2 is 1.84 bits per heavy atom. The predicted octanol–water partition coefficient (Wildman–Crippen LogP) is 3.58. The van der Waals surface area contributed by atoms with E-state index in [1.165, 1.54) is 12.5 Å². The number of Topliss-reactive ketones (excluding diaryl/α,β-unsaturated/α-hetero) is 1. The summed E-state index contributed by atoms with van der Waals surface area (Å²) >= 11 is 0. The van der Waals surface area contributed by atoms with Gasteiger partial charge in [0.25, 0.3) is 5.91 Å². The standard InChI is InChI=1S/C13H19NO2.C3H8/c1-4-6-9-12(5-2)13(16)14-10-7-8-11(3)15;1-3-2/h4-6,9H,2,7-8,10H2,1,3H3,(H,14,16);3H2,1-2H3/b6-4-,12-9+;. The summed E-state index contributed by atoms with van der Waals surface area (Å²) in [5.41, 5.74) is 0.529. The molecule has 0 aromatic rings. The van der Waals surface area contributed by atoms with Gasteiger partial charge in [-0.2, -0.15) is 0 Å². The van der Waals surface area contributed by atoms with Gasteiger partial charge in [-0.3, -0.25) is 4.79 Å². The van der Waals surface area contributed by atoms with Crippen molar-refractivity contribution in [2.24, 2.45) is 0 Å². The molecule has 0 unspecified atom stereocenters. The molecule has 0 aliphatic heterocycles. The summed E-state index contributed by atoms with van der Waals surface area (Å²) in [5.74, 6) is -0.0145. The van der Waals surface area contributed by atoms with E-state index in [9.17, 15) is 9.59 Å². The third-order valence-electron chi connectivity index (χ3n) is 1.94. The fourth-order valence-corrected chi connectivity index (χ4v) is 1.08. The highest BCUT2D eigenvalue weighted by Gasteiger charge is 2.03. The number of carbonyl (C=O) groups is 2. The molecule has 0 spiro atoms. The molecule has 0 atom stereocenters. The fourth-order valence-electron chi connectivity index (χ4n) is 1.08. The average Bonchev–Trinajstić information content (AvgIpc) is 2.36. The van der Waals surface area contributed by atoms with Crippen LogP contribution >= 0.6 is 0 Å². The van der Waals surface area contributed by atoms with Crippen LogP contribution in [-0.2, 0) is 9.59 Å². The molecule has 0 aliphatic carbocycles. The van der Waals surface area contributed by atoms with Gasteiger partial charge < -0.3 is 10.1 Å². The summed E-state index contributed by atoms with van der Waals surface area (Å²) in [4.78, 5) is 22.2. The number of ketones is 1. The lowest BCUT2D eigenvalue weighted by molar-refractivity contribution is -0.118. The van der Waals surface area contributed by atoms with Gasteiger partial charge in [-0.05, 0) is 26.3 Å². The van der Waals surface area contributed by atoms with Gasteiger partial charge >= 0.3 is 0 Å². The largest absolute Gasteiger partial charge is 0.352 e. The van der Waals surface area contributed by atoms with Gasteiger partial charge in [0.1, 0.15) is 5.78 Å². The maximum Gasteiger partial charge on any atom is 0.251 e. The Balaban J connectivity index is 0. The summed E-state index contributed by atoms with van der Waals surface area (Å²) < 4.78 is 0. The third-order valence-corrected chi connectivity index (χ3v) is 1.94. The molecule has 0 aromatic heterocycles. The van der Waals surface area contributed by atoms with Crippen molar-refractivity contribution in [1.29, 1.82) is 0 Å². The van der Waals surface area contributed by atoms with Crippen LogP contribution in [0.3, 0.4) is 0 Å². The summed E-state index contributed by atoms with van der Waals surface area (Å²) in [6.45, 7) is 11.8. The van der Waals surface area contributed by atoms with Crippen LogP contribution in [0.1, 0.15) is 47.0 Å². The zero-order chi connectivity index (χ0) is 15.1. The highest BCUT2D eigenvalue weighted by molar-refractivity contribution is 5.96. The molecule has 19 heavy (non-hydrogen) atoms. The lowest BCUT2D eigenvalue weighted by Gasteiger charge is -2.04. The highest BCUT2D eigenvalue weighted by atomic mass is 16.1. The summed E-state index contributed by atoms with van der Waals surface area (Å²) in [6.07, 6.45) is 9.27. The molecule has 0 rings (SSSR count). The Kier molecular flexibility index (Phi) is 14.9. The fraction of sp³-hybridized carbons (Fsp3) is 0.500. The van der Waals surface area contributed by atoms with E-state index in [-0.39, 0.29) is 11.7 Å². The molecule has 0 saturated heterocycles. The van der Waals surface area contributed by atoms with E-state index in [0.29, 0.717) is 25.0 Å². The van der Waals surface area contributed by atoms with E-state index in [1.54, 1.807) is 19.1 Å². The lowest BCUT2D eigenvalue weighted by atomic mass is 10.2. The van der Waals surface area contributed by atoms with Gasteiger partial charge in [-0.25, -0.2) is 0 Å². The van der Waals surface area contributed by atoms with Gasteiger partial charge in [0.15, 0.2) is 0 Å². The number of hydrogen-bond donors (Lipinski definition) is 1. The van der Waals surface area contributed by atoms with Crippen molar-refractivity contribution in [3.63, 3.8) is 0 Å². The number of rotatable bonds is 7. The minimum Gasteiger partial charge on any atom is -0.352 e. The van der Waals surface area contributed by atoms with Crippen LogP contribution < -0.4 is 5.32 Å². The Bertz CT molecular complexity index is 328. The lowest BCUT2D eigenvalue weighted by Crippen LogP contribution is -2.25. The first-order valence-corrected chi connectivity index (χ1v) is 6.76. The summed E-state index contributed by atoms with van der Waals surface area (Å²) in [7, 11) is 0. The molecule has 0 heterocycles. The Morgan fingerprint density at radius 3 is 2.26 bits per heavy atom. The highest BCUT2D eigenvalue weighted by Crippen LogP contribution is 1.97. The van der Waals surface area contributed by atoms with Crippen molar-refractivity contribution >= 4 is 11.7 Å². The second-order valence-corrected chi connectivity index (χ2v) is 4.12. The van der Waals surface area contributed by atoms with Crippen LogP contribution in [0, 0.1) is 0 Å². The van der Waals surface area contributed by atoms with E-state index in [0.717, 1.165) is 0 Å². The topological polar surface area (TPSA) is 46.2 Å². The zero-order valence-electron chi connectivity index (χ0n) is 12.7. The van der Waals surface area contributed by atoms with Gasteiger partial charge in [-0.15, -0.1) is 0 Å². The van der Waals surface area contributed by atoms with E-state index in [2.05, 4.69) is 25.7 Å². The number of allylic oxidation sites excluding steroid dienone is 3. The summed E-state index contributed by atoms with van der Waals surface area (Å²) in [6, 6.07) is 0. The zero-order valence-corrected chi connectivity index (χ0v) is 12.7. The normalized spacial score (nSPS) is 10.6. The van der Waals surface area contributed by atoms with Crippen LogP contribution in [0.25, 0.3) is 0 Å². The summed E-state index contributed by atoms with van der Waals surface area (Å²) in [5, 5.41) is 2.73. The Labute approximate surface area is 117 Å². The minimum absolute atomic E-state index is 0.141. The van der Waals surface area contributed by atoms with Crippen molar-refractivity contribution in [2.45, 2.75) is 47.0 Å². The first-order chi connectivity index (χ1) is 9.03. The molecule has 108 valence electrons. The molecular formula is C16H27NO2. The van der Waals surface area contributed by atoms with Crippen molar-refractivity contribution in [3.05, 3.63) is 36.5 Å². The molecule has 0 aliphatic rings. The van der Waals surface area contributed by atoms with Crippen LogP contribution in [0.5, 0.6) is 0 Å². The minimum atomic E-state index is -0.156. The monoisotopic (exact) mass is 265 g/mol. The van der Waals surface area contributed by atoms with Crippen molar-refractivity contribution in [2.75, 3.05) is 6.54 Å². The molecular weight excluding hydrogens is 238 g/mol. The number of carbonyl (C=O) groups excluding carboxylic acids is 2. The second kappa shape index (κ2) is 14.4. The Morgan fingerprint density at radius 1 is 1.26 bits per heavy atom. The van der Waals surface area contributed by atoms with Gasteiger partial charge in [0.2, 0.25) is 0 Å². The molecule has 0 radical (unpaired) electrons. The van der Waals surface area contributed by atoms with Gasteiger partial charge in [-0.1, -0.05) is 45.1 Å². The maximum atomic E-state index is 11.6. The quantitative estimate of drug-likeness (QED) is 0.434. The van der Waals surface area contributed by atoms with E-state index < -0.39 is 0 Å². The molecule has 3 nitrogen and oxygen atoms in total. The van der Waals surface area contributed by atoms with Crippen LogP contribution in [0.15, 0.2) is 36.5 Å². The van der Waals surface area contributed by atoms with Crippen molar-refractivity contribution in [1.82, 2.24) is 5.32 Å². The SMILES string of the molecule is C=C/C(=C\C=C/C)C(=O)NCCCC(C)=O.CCC. The molecule has 0 fully saturated rings. The van der Waals surface area contributed by atoms with E-state index in [1.807, 2.05) is 13.0 Å². The molecule has 0 aromatic carbocycles. The third kappa shape index (κ3) is 14.3. The second-order valence-electron chi connectivity index (χ2n) is 4.12. The van der Waals surface area contributed by atoms with Gasteiger partial charge in [0, 0.05) is 18.5 Å². The van der Waals surface area contributed by atoms with E-state index >= 15 is 0 Å². The molecule has 0 bridgehead atoms. The Hall–Kier alpha value is -1.64. The first kappa shape index (κ1) is 19.7.